The number of carbonyl (C=O) groups is 2. The zero-order valence-corrected chi connectivity index (χ0v) is 15.1. The number of ketones is 1. The van der Waals surface area contributed by atoms with Crippen molar-refractivity contribution in [1.82, 2.24) is 4.90 Å². The van der Waals surface area contributed by atoms with Crippen LogP contribution in [0.25, 0.3) is 0 Å². The number of aryl methyl sites for hydroxylation is 1. The zero-order chi connectivity index (χ0) is 19.3. The lowest BCUT2D eigenvalue weighted by Gasteiger charge is -2.19. The van der Waals surface area contributed by atoms with E-state index in [0.29, 0.717) is 4.88 Å². The number of benzene rings is 1. The van der Waals surface area contributed by atoms with E-state index in [2.05, 4.69) is 4.74 Å². The summed E-state index contributed by atoms with van der Waals surface area (Å²) in [6.07, 6.45) is -4.75. The zero-order valence-electron chi connectivity index (χ0n) is 14.3. The minimum atomic E-state index is -4.80. The molecule has 0 radical (unpaired) electrons. The summed E-state index contributed by atoms with van der Waals surface area (Å²) in [7, 11) is 1.48. The minimum absolute atomic E-state index is 0.00538. The first-order valence-electron chi connectivity index (χ1n) is 7.83. The largest absolute Gasteiger partial charge is 0.573 e. The highest BCUT2D eigenvalue weighted by Gasteiger charge is 2.32. The maximum absolute atomic E-state index is 12.5. The molecule has 1 amide bonds. The second-order valence-electron chi connectivity index (χ2n) is 5.74. The van der Waals surface area contributed by atoms with Gasteiger partial charge in [0.2, 0.25) is 5.91 Å². The Bertz CT molecular complexity index is 786. The molecule has 140 valence electrons. The molecular formula is C18H18F3NO3S. The molecule has 1 heterocycles. The molecule has 1 aromatic heterocycles. The van der Waals surface area contributed by atoms with Crippen LogP contribution >= 0.6 is 11.3 Å². The van der Waals surface area contributed by atoms with Crippen molar-refractivity contribution in [2.45, 2.75) is 32.7 Å². The van der Waals surface area contributed by atoms with Crippen LogP contribution in [0.2, 0.25) is 0 Å². The molecule has 0 aliphatic carbocycles. The summed E-state index contributed by atoms with van der Waals surface area (Å²) in [5.41, 5.74) is 0.237. The lowest BCUT2D eigenvalue weighted by atomic mass is 10.1. The van der Waals surface area contributed by atoms with E-state index in [4.69, 9.17) is 0 Å². The molecule has 4 nitrogen and oxygen atoms in total. The van der Waals surface area contributed by atoms with Crippen molar-refractivity contribution >= 4 is 23.0 Å². The Balaban J connectivity index is 1.94. The average Bonchev–Trinajstić information content (AvgIpc) is 2.99. The van der Waals surface area contributed by atoms with Gasteiger partial charge < -0.3 is 9.64 Å². The molecular weight excluding hydrogens is 367 g/mol. The Morgan fingerprint density at radius 2 is 1.81 bits per heavy atom. The summed E-state index contributed by atoms with van der Waals surface area (Å²) in [5.74, 6) is -0.788. The summed E-state index contributed by atoms with van der Waals surface area (Å²) < 4.78 is 41.3. The molecule has 0 spiro atoms. The van der Waals surface area contributed by atoms with Crippen molar-refractivity contribution in [2.24, 2.45) is 0 Å². The van der Waals surface area contributed by atoms with Gasteiger partial charge in [0.1, 0.15) is 5.75 Å². The highest BCUT2D eigenvalue weighted by Crippen LogP contribution is 2.27. The molecule has 0 saturated heterocycles. The maximum Gasteiger partial charge on any atom is 0.573 e. The number of Topliss-reactive ketones (excluding diaryl/α,β-unsaturated/α-hetero) is 1. The number of rotatable bonds is 7. The lowest BCUT2D eigenvalue weighted by Crippen LogP contribution is -2.27. The summed E-state index contributed by atoms with van der Waals surface area (Å²) in [6.45, 7) is 1.85. The van der Waals surface area contributed by atoms with Crippen LogP contribution in [-0.2, 0) is 11.3 Å². The van der Waals surface area contributed by atoms with E-state index in [9.17, 15) is 22.8 Å². The highest BCUT2D eigenvalue weighted by molar-refractivity contribution is 7.14. The predicted octanol–water partition coefficient (Wildman–Crippen LogP) is 4.58. The fourth-order valence-electron chi connectivity index (χ4n) is 2.32. The molecule has 2 rings (SSSR count). The van der Waals surface area contributed by atoms with E-state index in [1.807, 2.05) is 13.0 Å². The van der Waals surface area contributed by atoms with Gasteiger partial charge in [-0.15, -0.1) is 24.5 Å². The predicted molar refractivity (Wildman–Crippen MR) is 92.2 cm³/mol. The van der Waals surface area contributed by atoms with Crippen molar-refractivity contribution < 1.29 is 27.5 Å². The summed E-state index contributed by atoms with van der Waals surface area (Å²) in [6, 6.07) is 9.21. The number of carbonyl (C=O) groups excluding carboxylic acids is 2. The van der Waals surface area contributed by atoms with E-state index < -0.39 is 6.36 Å². The average molecular weight is 385 g/mol. The first-order valence-corrected chi connectivity index (χ1v) is 8.64. The van der Waals surface area contributed by atoms with E-state index in [0.717, 1.165) is 4.88 Å². The van der Waals surface area contributed by atoms with Crippen molar-refractivity contribution in [2.75, 3.05) is 7.05 Å². The number of para-hydroxylation sites is 1. The molecule has 0 bridgehead atoms. The van der Waals surface area contributed by atoms with Gasteiger partial charge in [0, 0.05) is 36.9 Å². The van der Waals surface area contributed by atoms with Gasteiger partial charge in [-0.25, -0.2) is 0 Å². The van der Waals surface area contributed by atoms with Gasteiger partial charge >= 0.3 is 6.36 Å². The topological polar surface area (TPSA) is 46.6 Å². The number of nitrogens with zero attached hydrogens (tertiary/aromatic N) is 1. The van der Waals surface area contributed by atoms with Gasteiger partial charge in [-0.3, -0.25) is 9.59 Å². The van der Waals surface area contributed by atoms with Crippen LogP contribution < -0.4 is 4.74 Å². The fraction of sp³-hybridized carbons (Fsp3) is 0.333. The number of hydrogen-bond acceptors (Lipinski definition) is 4. The normalized spacial score (nSPS) is 11.3. The number of ether oxygens (including phenoxy) is 1. The van der Waals surface area contributed by atoms with Gasteiger partial charge in [0.25, 0.3) is 0 Å². The van der Waals surface area contributed by atoms with Crippen molar-refractivity contribution in [1.29, 1.82) is 0 Å². The van der Waals surface area contributed by atoms with E-state index in [1.54, 1.807) is 12.1 Å². The molecule has 2 aromatic rings. The number of halogens is 3. The van der Waals surface area contributed by atoms with Crippen LogP contribution in [0.4, 0.5) is 13.2 Å². The van der Waals surface area contributed by atoms with Crippen molar-refractivity contribution in [3.63, 3.8) is 0 Å². The van der Waals surface area contributed by atoms with Crippen LogP contribution in [0.3, 0.4) is 0 Å². The number of alkyl halides is 3. The molecule has 8 heteroatoms. The SMILES string of the molecule is Cc1ccc(C(=O)CCC(=O)N(C)Cc2ccccc2OC(F)(F)F)s1. The Morgan fingerprint density at radius 1 is 1.12 bits per heavy atom. The van der Waals surface area contributed by atoms with Gasteiger partial charge in [0.05, 0.1) is 4.88 Å². The summed E-state index contributed by atoms with van der Waals surface area (Å²) >= 11 is 1.37. The van der Waals surface area contributed by atoms with E-state index in [-0.39, 0.29) is 42.4 Å². The molecule has 0 aliphatic heterocycles. The van der Waals surface area contributed by atoms with Crippen LogP contribution in [0.5, 0.6) is 5.75 Å². The van der Waals surface area contributed by atoms with Crippen molar-refractivity contribution in [3.05, 3.63) is 51.7 Å². The fourth-order valence-corrected chi connectivity index (χ4v) is 3.16. The first kappa shape index (κ1) is 20.0. The minimum Gasteiger partial charge on any atom is -0.405 e. The molecule has 0 atom stereocenters. The van der Waals surface area contributed by atoms with Gasteiger partial charge in [-0.05, 0) is 25.1 Å². The standard InChI is InChI=1S/C18H18F3NO3S/c1-12-7-9-16(26-12)14(23)8-10-17(24)22(2)11-13-5-3-4-6-15(13)25-18(19,20)21/h3-7,9H,8,10-11H2,1-2H3. The van der Waals surface area contributed by atoms with Crippen molar-refractivity contribution in [3.8, 4) is 5.75 Å². The smallest absolute Gasteiger partial charge is 0.405 e. The molecule has 0 N–H and O–H groups in total. The van der Waals surface area contributed by atoms with E-state index in [1.165, 1.54) is 41.5 Å². The van der Waals surface area contributed by atoms with E-state index >= 15 is 0 Å². The van der Waals surface area contributed by atoms with Crippen LogP contribution in [0.1, 0.15) is 33.0 Å². The second-order valence-corrected chi connectivity index (χ2v) is 7.03. The third-order valence-corrected chi connectivity index (χ3v) is 4.65. The molecule has 0 aliphatic rings. The van der Waals surface area contributed by atoms with Crippen LogP contribution in [0.15, 0.2) is 36.4 Å². The van der Waals surface area contributed by atoms with Gasteiger partial charge in [-0.1, -0.05) is 18.2 Å². The third kappa shape index (κ3) is 5.87. The monoisotopic (exact) mass is 385 g/mol. The quantitative estimate of drug-likeness (QED) is 0.656. The lowest BCUT2D eigenvalue weighted by molar-refractivity contribution is -0.275. The summed E-state index contributed by atoms with van der Waals surface area (Å²) in [4.78, 5) is 27.1. The maximum atomic E-state index is 12.5. The summed E-state index contributed by atoms with van der Waals surface area (Å²) in [5, 5.41) is 0. The second kappa shape index (κ2) is 8.35. The molecule has 26 heavy (non-hydrogen) atoms. The molecule has 0 unspecified atom stereocenters. The Hall–Kier alpha value is -2.35. The Morgan fingerprint density at radius 3 is 2.42 bits per heavy atom. The van der Waals surface area contributed by atoms with Crippen LogP contribution in [-0.4, -0.2) is 30.0 Å². The highest BCUT2D eigenvalue weighted by atomic mass is 32.1. The number of thiophene rings is 1. The molecule has 0 saturated carbocycles. The number of amides is 1. The third-order valence-electron chi connectivity index (χ3n) is 3.61. The molecule has 0 fully saturated rings. The first-order chi connectivity index (χ1) is 12.2. The van der Waals surface area contributed by atoms with Gasteiger partial charge in [0.15, 0.2) is 5.78 Å². The Labute approximate surface area is 153 Å². The Kier molecular flexibility index (Phi) is 6.42. The van der Waals surface area contributed by atoms with Gasteiger partial charge in [-0.2, -0.15) is 0 Å². The molecule has 1 aromatic carbocycles. The number of hydrogen-bond donors (Lipinski definition) is 0. The van der Waals surface area contributed by atoms with Crippen LogP contribution in [0, 0.1) is 6.92 Å².